The quantitative estimate of drug-likeness (QED) is 0.299. The zero-order valence-electron chi connectivity index (χ0n) is 24.3. The number of hydrogen-bond acceptors (Lipinski definition) is 7. The highest BCUT2D eigenvalue weighted by atomic mass is 16.6. The van der Waals surface area contributed by atoms with Gasteiger partial charge in [-0.3, -0.25) is 4.79 Å². The van der Waals surface area contributed by atoms with Crippen LogP contribution in [0.25, 0.3) is 0 Å². The molecule has 8 nitrogen and oxygen atoms in total. The Labute approximate surface area is 224 Å². The molecule has 0 saturated heterocycles. The van der Waals surface area contributed by atoms with Crippen LogP contribution in [0, 0.1) is 34.5 Å². The molecular weight excluding hydrogens is 472 g/mol. The van der Waals surface area contributed by atoms with Crippen LogP contribution in [0.15, 0.2) is 0 Å². The number of aldehydes is 1. The first-order valence-electron chi connectivity index (χ1n) is 14.3. The summed E-state index contributed by atoms with van der Waals surface area (Å²) in [6.07, 6.45) is 9.44. The number of amides is 1. The SMILES string of the molecule is CC.CC=O.COCCNC(=O)OC1CCC2(C)C(CCC3C2CCC2(C)C(C(=O)OC)CCC32N)C1. The Balaban J connectivity index is 0.000000898. The van der Waals surface area contributed by atoms with Gasteiger partial charge in [0.2, 0.25) is 0 Å². The Hall–Kier alpha value is -1.67. The van der Waals surface area contributed by atoms with E-state index < -0.39 is 0 Å². The molecule has 4 fully saturated rings. The molecule has 0 aromatic rings. The van der Waals surface area contributed by atoms with Gasteiger partial charge in [0.05, 0.1) is 19.6 Å². The standard InChI is InChI=1S/C25H42N2O5.C2H4O.C2H6/c1-23-10-7-17(32-22(29)27-13-14-30-3)15-16(23)5-6-19-18(23)8-11-24(2)20(21(28)31-4)9-12-25(19,24)26;1-2-3;1-2/h16-20H,5-15,26H2,1-4H3,(H,27,29);2H,1H3;1-2H3. The van der Waals surface area contributed by atoms with Crippen molar-refractivity contribution in [3.05, 3.63) is 0 Å². The van der Waals surface area contributed by atoms with Gasteiger partial charge >= 0.3 is 12.1 Å². The maximum absolute atomic E-state index is 12.5. The number of carbonyl (C=O) groups excluding carboxylic acids is 3. The summed E-state index contributed by atoms with van der Waals surface area (Å²) < 4.78 is 15.9. The lowest BCUT2D eigenvalue weighted by Crippen LogP contribution is -2.66. The summed E-state index contributed by atoms with van der Waals surface area (Å²) in [5.41, 5.74) is 7.03. The summed E-state index contributed by atoms with van der Waals surface area (Å²) in [5, 5.41) is 2.77. The average Bonchev–Trinajstić information content (AvgIpc) is 3.17. The topological polar surface area (TPSA) is 117 Å². The molecule has 0 radical (unpaired) electrons. The summed E-state index contributed by atoms with van der Waals surface area (Å²) >= 11 is 0. The van der Waals surface area contributed by atoms with Crippen LogP contribution in [-0.2, 0) is 23.8 Å². The highest BCUT2D eigenvalue weighted by Crippen LogP contribution is 2.68. The second-order valence-corrected chi connectivity index (χ2v) is 11.6. The number of alkyl carbamates (subject to hydrolysis) is 1. The van der Waals surface area contributed by atoms with Crippen LogP contribution in [-0.4, -0.2) is 57.4 Å². The fraction of sp³-hybridized carbons (Fsp3) is 0.897. The number of esters is 1. The lowest BCUT2D eigenvalue weighted by molar-refractivity contribution is -0.160. The highest BCUT2D eigenvalue weighted by molar-refractivity contribution is 5.74. The number of hydrogen-bond donors (Lipinski definition) is 2. The van der Waals surface area contributed by atoms with Gasteiger partial charge in [-0.05, 0) is 93.3 Å². The van der Waals surface area contributed by atoms with Crippen LogP contribution in [0.3, 0.4) is 0 Å². The Bertz CT molecular complexity index is 777. The first-order chi connectivity index (χ1) is 17.6. The Morgan fingerprint density at radius 3 is 2.30 bits per heavy atom. The molecule has 0 aromatic heterocycles. The molecule has 3 N–H and O–H groups in total. The van der Waals surface area contributed by atoms with Gasteiger partial charge in [0.15, 0.2) is 0 Å². The second-order valence-electron chi connectivity index (χ2n) is 11.6. The molecule has 0 heterocycles. The fourth-order valence-corrected chi connectivity index (χ4v) is 8.36. The molecule has 8 unspecified atom stereocenters. The fourth-order valence-electron chi connectivity index (χ4n) is 8.36. The molecule has 8 atom stereocenters. The van der Waals surface area contributed by atoms with Crippen molar-refractivity contribution in [3.63, 3.8) is 0 Å². The normalized spacial score (nSPS) is 39.6. The molecule has 4 aliphatic carbocycles. The average molecular weight is 525 g/mol. The number of rotatable bonds is 5. The maximum atomic E-state index is 12.5. The first kappa shape index (κ1) is 31.5. The van der Waals surface area contributed by atoms with E-state index >= 15 is 0 Å². The second kappa shape index (κ2) is 13.4. The van der Waals surface area contributed by atoms with Crippen LogP contribution in [0.1, 0.15) is 92.4 Å². The largest absolute Gasteiger partial charge is 0.469 e. The zero-order chi connectivity index (χ0) is 27.9. The van der Waals surface area contributed by atoms with Gasteiger partial charge in [-0.25, -0.2) is 4.79 Å². The minimum absolute atomic E-state index is 0.0111. The van der Waals surface area contributed by atoms with Gasteiger partial charge in [0, 0.05) is 19.2 Å². The summed E-state index contributed by atoms with van der Waals surface area (Å²) in [6, 6.07) is 0. The summed E-state index contributed by atoms with van der Waals surface area (Å²) in [5.74, 6) is 1.42. The van der Waals surface area contributed by atoms with Crippen LogP contribution in [0.2, 0.25) is 0 Å². The summed E-state index contributed by atoms with van der Waals surface area (Å²) in [6.45, 7) is 11.1. The maximum Gasteiger partial charge on any atom is 0.407 e. The van der Waals surface area contributed by atoms with Crippen molar-refractivity contribution in [2.45, 2.75) is 104 Å². The number of carbonyl (C=O) groups is 3. The van der Waals surface area contributed by atoms with Gasteiger partial charge in [0.1, 0.15) is 12.4 Å². The van der Waals surface area contributed by atoms with E-state index in [-0.39, 0.29) is 40.5 Å². The van der Waals surface area contributed by atoms with Crippen LogP contribution in [0.4, 0.5) is 4.79 Å². The summed E-state index contributed by atoms with van der Waals surface area (Å²) in [7, 11) is 3.12. The lowest BCUT2D eigenvalue weighted by atomic mass is 9.42. The van der Waals surface area contributed by atoms with Crippen LogP contribution in [0.5, 0.6) is 0 Å². The smallest absolute Gasteiger partial charge is 0.407 e. The van der Waals surface area contributed by atoms with Gasteiger partial charge < -0.3 is 30.1 Å². The molecule has 8 heteroatoms. The molecule has 0 bridgehead atoms. The molecule has 0 aliphatic heterocycles. The molecule has 4 rings (SSSR count). The van der Waals surface area contributed by atoms with E-state index in [2.05, 4.69) is 19.2 Å². The number of nitrogens with two attached hydrogens (primary N) is 1. The monoisotopic (exact) mass is 524 g/mol. The Morgan fingerprint density at radius 1 is 1.00 bits per heavy atom. The van der Waals surface area contributed by atoms with Gasteiger partial charge in [-0.15, -0.1) is 0 Å². The van der Waals surface area contributed by atoms with Crippen molar-refractivity contribution in [1.82, 2.24) is 5.32 Å². The molecule has 4 aliphatic rings. The molecular formula is C29H52N2O6. The molecule has 4 saturated carbocycles. The number of nitrogens with one attached hydrogen (secondary N) is 1. The van der Waals surface area contributed by atoms with Gasteiger partial charge in [-0.2, -0.15) is 0 Å². The third-order valence-corrected chi connectivity index (χ3v) is 10.3. The predicted molar refractivity (Wildman–Crippen MR) is 144 cm³/mol. The Kier molecular flexibility index (Phi) is 11.4. The minimum atomic E-state index is -0.335. The van der Waals surface area contributed by atoms with E-state index in [4.69, 9.17) is 24.7 Å². The van der Waals surface area contributed by atoms with Crippen molar-refractivity contribution in [2.24, 2.45) is 40.2 Å². The number of ether oxygens (including phenoxy) is 3. The van der Waals surface area contributed by atoms with E-state index in [1.54, 1.807) is 7.11 Å². The van der Waals surface area contributed by atoms with E-state index in [1.165, 1.54) is 14.0 Å². The van der Waals surface area contributed by atoms with Crippen molar-refractivity contribution < 1.29 is 28.6 Å². The Morgan fingerprint density at radius 2 is 1.68 bits per heavy atom. The van der Waals surface area contributed by atoms with E-state index in [0.717, 1.165) is 64.1 Å². The minimum Gasteiger partial charge on any atom is -0.469 e. The lowest BCUT2D eigenvalue weighted by Gasteiger charge is -2.64. The number of methoxy groups -OCH3 is 2. The van der Waals surface area contributed by atoms with E-state index in [1.807, 2.05) is 13.8 Å². The molecule has 214 valence electrons. The van der Waals surface area contributed by atoms with Crippen molar-refractivity contribution in [3.8, 4) is 0 Å². The summed E-state index contributed by atoms with van der Waals surface area (Å²) in [4.78, 5) is 33.5. The predicted octanol–water partition coefficient (Wildman–Crippen LogP) is 4.87. The first-order valence-corrected chi connectivity index (χ1v) is 14.3. The van der Waals surface area contributed by atoms with Crippen LogP contribution >= 0.6 is 0 Å². The van der Waals surface area contributed by atoms with Crippen LogP contribution < -0.4 is 11.1 Å². The molecule has 0 spiro atoms. The number of fused-ring (bicyclic) bond motifs is 5. The van der Waals surface area contributed by atoms with Crippen molar-refractivity contribution in [1.29, 1.82) is 0 Å². The van der Waals surface area contributed by atoms with Gasteiger partial charge in [-0.1, -0.05) is 27.7 Å². The van der Waals surface area contributed by atoms with Crippen molar-refractivity contribution >= 4 is 18.3 Å². The molecule has 1 amide bonds. The van der Waals surface area contributed by atoms with Gasteiger partial charge in [0.25, 0.3) is 0 Å². The van der Waals surface area contributed by atoms with E-state index in [9.17, 15) is 9.59 Å². The third kappa shape index (κ3) is 6.00. The van der Waals surface area contributed by atoms with Crippen molar-refractivity contribution in [2.75, 3.05) is 27.4 Å². The molecule has 37 heavy (non-hydrogen) atoms. The highest BCUT2D eigenvalue weighted by Gasteiger charge is 2.67. The molecule has 0 aromatic carbocycles. The third-order valence-electron chi connectivity index (χ3n) is 10.3. The van der Waals surface area contributed by atoms with E-state index in [0.29, 0.717) is 30.9 Å². The zero-order valence-corrected chi connectivity index (χ0v) is 24.3.